The molecule has 0 saturated carbocycles. The van der Waals surface area contributed by atoms with E-state index in [0.717, 1.165) is 36.9 Å². The van der Waals surface area contributed by atoms with Crippen LogP contribution < -0.4 is 0 Å². The monoisotopic (exact) mass is 335 g/mol. The molecule has 5 heteroatoms. The lowest BCUT2D eigenvalue weighted by Crippen LogP contribution is -1.91. The maximum absolute atomic E-state index is 4.47. The van der Waals surface area contributed by atoms with Gasteiger partial charge in [0.15, 0.2) is 0 Å². The van der Waals surface area contributed by atoms with Gasteiger partial charge in [-0.1, -0.05) is 30.3 Å². The fourth-order valence-corrected chi connectivity index (χ4v) is 4.03. The predicted octanol–water partition coefficient (Wildman–Crippen LogP) is 5.14. The van der Waals surface area contributed by atoms with Crippen LogP contribution in [0.1, 0.15) is 0 Å². The van der Waals surface area contributed by atoms with Crippen LogP contribution in [0.5, 0.6) is 0 Å². The van der Waals surface area contributed by atoms with E-state index in [2.05, 4.69) is 39.4 Å². The Kier molecular flexibility index (Phi) is 3.81. The van der Waals surface area contributed by atoms with E-state index >= 15 is 0 Å². The van der Waals surface area contributed by atoms with Crippen molar-refractivity contribution < 1.29 is 0 Å². The van der Waals surface area contributed by atoms with Crippen molar-refractivity contribution >= 4 is 33.9 Å². The fraction of sp³-hybridized carbons (Fsp3) is 0.0556. The molecule has 0 aliphatic carbocycles. The Balaban J connectivity index is 1.86. The minimum atomic E-state index is 0.936. The van der Waals surface area contributed by atoms with Crippen LogP contribution in [0, 0.1) is 0 Å². The molecule has 112 valence electrons. The maximum atomic E-state index is 4.47. The van der Waals surface area contributed by atoms with Gasteiger partial charge in [-0.15, -0.1) is 33.3 Å². The van der Waals surface area contributed by atoms with Gasteiger partial charge in [-0.2, -0.15) is 0 Å². The van der Waals surface area contributed by atoms with Crippen LogP contribution in [0.4, 0.5) is 0 Å². The zero-order chi connectivity index (χ0) is 15.6. The largest absolute Gasteiger partial charge is 0.255 e. The number of thioether (sulfide) groups is 1. The highest BCUT2D eigenvalue weighted by molar-refractivity contribution is 7.98. The Morgan fingerprint density at radius 3 is 2.39 bits per heavy atom. The van der Waals surface area contributed by atoms with Gasteiger partial charge >= 0.3 is 0 Å². The van der Waals surface area contributed by atoms with Gasteiger partial charge in [-0.05, 0) is 30.5 Å². The van der Waals surface area contributed by atoms with E-state index in [4.69, 9.17) is 0 Å². The average Bonchev–Trinajstić information content (AvgIpc) is 3.11. The summed E-state index contributed by atoms with van der Waals surface area (Å²) in [5, 5.41) is 12.1. The van der Waals surface area contributed by atoms with E-state index in [0.29, 0.717) is 0 Å². The average molecular weight is 335 g/mol. The zero-order valence-corrected chi connectivity index (χ0v) is 14.1. The molecular formula is C18H13N3S2. The van der Waals surface area contributed by atoms with Crippen molar-refractivity contribution in [2.75, 3.05) is 6.26 Å². The number of thiophene rings is 1. The Morgan fingerprint density at radius 1 is 0.826 bits per heavy atom. The van der Waals surface area contributed by atoms with Crippen LogP contribution in [-0.2, 0) is 0 Å². The molecule has 0 aliphatic rings. The quantitative estimate of drug-likeness (QED) is 0.486. The number of pyridine rings is 1. The van der Waals surface area contributed by atoms with E-state index < -0.39 is 0 Å². The molecule has 4 rings (SSSR count). The third-order valence-electron chi connectivity index (χ3n) is 3.60. The van der Waals surface area contributed by atoms with Crippen molar-refractivity contribution in [3.8, 4) is 21.1 Å². The number of hydrogen-bond acceptors (Lipinski definition) is 5. The molecule has 23 heavy (non-hydrogen) atoms. The molecule has 0 spiro atoms. The molecule has 0 radical (unpaired) electrons. The molecular weight excluding hydrogens is 322 g/mol. The van der Waals surface area contributed by atoms with Crippen LogP contribution in [0.3, 0.4) is 0 Å². The molecule has 0 amide bonds. The van der Waals surface area contributed by atoms with Crippen LogP contribution in [0.15, 0.2) is 65.8 Å². The van der Waals surface area contributed by atoms with Crippen molar-refractivity contribution in [2.45, 2.75) is 5.03 Å². The summed E-state index contributed by atoms with van der Waals surface area (Å²) in [6, 6.07) is 18.5. The highest BCUT2D eigenvalue weighted by Crippen LogP contribution is 2.37. The molecule has 0 atom stereocenters. The summed E-state index contributed by atoms with van der Waals surface area (Å²) >= 11 is 3.32. The summed E-state index contributed by atoms with van der Waals surface area (Å²) in [7, 11) is 0. The van der Waals surface area contributed by atoms with Gasteiger partial charge in [-0.25, -0.2) is 0 Å². The van der Waals surface area contributed by atoms with Crippen molar-refractivity contribution in [3.05, 3.63) is 60.8 Å². The third kappa shape index (κ3) is 2.62. The number of benzene rings is 1. The highest BCUT2D eigenvalue weighted by atomic mass is 32.2. The minimum absolute atomic E-state index is 0.936. The van der Waals surface area contributed by atoms with E-state index in [9.17, 15) is 0 Å². The predicted molar refractivity (Wildman–Crippen MR) is 97.9 cm³/mol. The van der Waals surface area contributed by atoms with Crippen molar-refractivity contribution in [3.63, 3.8) is 0 Å². The molecule has 1 aromatic carbocycles. The number of fused-ring (bicyclic) bond motifs is 1. The maximum Gasteiger partial charge on any atom is 0.126 e. The van der Waals surface area contributed by atoms with Crippen LogP contribution >= 0.6 is 23.1 Å². The first-order valence-corrected chi connectivity index (χ1v) is 9.22. The fourth-order valence-electron chi connectivity index (χ4n) is 2.52. The van der Waals surface area contributed by atoms with Crippen LogP contribution in [0.25, 0.3) is 31.9 Å². The number of rotatable bonds is 3. The van der Waals surface area contributed by atoms with Gasteiger partial charge < -0.3 is 0 Å². The van der Waals surface area contributed by atoms with E-state index in [1.165, 1.54) is 0 Å². The van der Waals surface area contributed by atoms with E-state index in [1.807, 2.05) is 42.8 Å². The Labute approximate surface area is 142 Å². The molecule has 0 bridgehead atoms. The van der Waals surface area contributed by atoms with Crippen molar-refractivity contribution in [1.29, 1.82) is 0 Å². The zero-order valence-electron chi connectivity index (χ0n) is 12.4. The van der Waals surface area contributed by atoms with Gasteiger partial charge in [0, 0.05) is 17.0 Å². The second-order valence-electron chi connectivity index (χ2n) is 4.98. The van der Waals surface area contributed by atoms with E-state index in [-0.39, 0.29) is 0 Å². The molecule has 0 fully saturated rings. The number of nitrogens with zero attached hydrogens (tertiary/aromatic N) is 3. The van der Waals surface area contributed by atoms with Crippen molar-refractivity contribution in [1.82, 2.24) is 15.2 Å². The normalized spacial score (nSPS) is 11.0. The van der Waals surface area contributed by atoms with Gasteiger partial charge in [-0.3, -0.25) is 4.98 Å². The summed E-state index contributed by atoms with van der Waals surface area (Å²) in [5.41, 5.74) is 1.92. The lowest BCUT2D eigenvalue weighted by atomic mass is 10.1. The number of hydrogen-bond donors (Lipinski definition) is 0. The van der Waals surface area contributed by atoms with E-state index in [1.54, 1.807) is 23.1 Å². The standard InChI is InChI=1S/C18H13N3S2/c1-22-18-13-7-3-2-6-12(13)17(20-21-18)16-10-9-15(23-16)14-8-4-5-11-19-14/h2-11H,1H3. The van der Waals surface area contributed by atoms with Gasteiger partial charge in [0.25, 0.3) is 0 Å². The smallest absolute Gasteiger partial charge is 0.126 e. The van der Waals surface area contributed by atoms with Crippen LogP contribution in [0.2, 0.25) is 0 Å². The lowest BCUT2D eigenvalue weighted by molar-refractivity contribution is 0.965. The minimum Gasteiger partial charge on any atom is -0.255 e. The SMILES string of the molecule is CSc1nnc(-c2ccc(-c3ccccn3)s2)c2ccccc12. The summed E-state index contributed by atoms with van der Waals surface area (Å²) < 4.78 is 0. The molecule has 0 unspecified atom stereocenters. The summed E-state index contributed by atoms with van der Waals surface area (Å²) in [5.74, 6) is 0. The Bertz CT molecular complexity index is 964. The highest BCUT2D eigenvalue weighted by Gasteiger charge is 2.13. The summed E-state index contributed by atoms with van der Waals surface area (Å²) in [6.07, 6.45) is 3.84. The second-order valence-corrected chi connectivity index (χ2v) is 6.86. The van der Waals surface area contributed by atoms with Gasteiger partial charge in [0.2, 0.25) is 0 Å². The number of aromatic nitrogens is 3. The van der Waals surface area contributed by atoms with Crippen molar-refractivity contribution in [2.24, 2.45) is 0 Å². The first-order valence-electron chi connectivity index (χ1n) is 7.18. The molecule has 0 aliphatic heterocycles. The first-order chi connectivity index (χ1) is 11.4. The molecule has 0 N–H and O–H groups in total. The lowest BCUT2D eigenvalue weighted by Gasteiger charge is -2.06. The first kappa shape index (κ1) is 14.4. The molecule has 3 nitrogen and oxygen atoms in total. The Hall–Kier alpha value is -2.24. The van der Waals surface area contributed by atoms with Gasteiger partial charge in [0.05, 0.1) is 15.4 Å². The molecule has 3 aromatic heterocycles. The third-order valence-corrected chi connectivity index (χ3v) is 5.41. The molecule has 4 aromatic rings. The summed E-state index contributed by atoms with van der Waals surface area (Å²) in [4.78, 5) is 6.67. The molecule has 3 heterocycles. The van der Waals surface area contributed by atoms with Gasteiger partial charge in [0.1, 0.15) is 10.7 Å². The second kappa shape index (κ2) is 6.10. The topological polar surface area (TPSA) is 38.7 Å². The molecule has 0 saturated heterocycles. The Morgan fingerprint density at radius 2 is 1.61 bits per heavy atom. The summed E-state index contributed by atoms with van der Waals surface area (Å²) in [6.45, 7) is 0. The van der Waals surface area contributed by atoms with Crippen LogP contribution in [-0.4, -0.2) is 21.4 Å².